The van der Waals surface area contributed by atoms with Crippen LogP contribution in [-0.4, -0.2) is 57.2 Å². The van der Waals surface area contributed by atoms with Crippen LogP contribution in [0, 0.1) is 0 Å². The summed E-state index contributed by atoms with van der Waals surface area (Å²) in [5.41, 5.74) is 3.57. The maximum absolute atomic E-state index is 13.0. The molecule has 1 atom stereocenters. The van der Waals surface area contributed by atoms with Crippen LogP contribution in [0.1, 0.15) is 28.3 Å². The Morgan fingerprint density at radius 1 is 1.24 bits per heavy atom. The number of rotatable bonds is 9. The van der Waals surface area contributed by atoms with Gasteiger partial charge in [-0.05, 0) is 37.9 Å². The van der Waals surface area contributed by atoms with Crippen molar-refractivity contribution in [3.8, 4) is 5.75 Å². The molecular formula is C24H26N4O4S. The molecule has 0 radical (unpaired) electrons. The Labute approximate surface area is 196 Å². The Morgan fingerprint density at radius 3 is 2.70 bits per heavy atom. The summed E-state index contributed by atoms with van der Waals surface area (Å²) in [6.07, 6.45) is 1.94. The van der Waals surface area contributed by atoms with Crippen molar-refractivity contribution in [2.75, 3.05) is 20.7 Å². The van der Waals surface area contributed by atoms with Crippen LogP contribution < -0.4 is 4.74 Å². The van der Waals surface area contributed by atoms with Gasteiger partial charge in [0.2, 0.25) is 5.91 Å². The molecule has 1 aliphatic heterocycles. The Balaban J connectivity index is 1.45. The highest BCUT2D eigenvalue weighted by Gasteiger charge is 2.31. The van der Waals surface area contributed by atoms with Gasteiger partial charge in [-0.1, -0.05) is 30.3 Å². The fourth-order valence-corrected chi connectivity index (χ4v) is 4.77. The minimum atomic E-state index is -0.570. The molecule has 2 aromatic carbocycles. The lowest BCUT2D eigenvalue weighted by atomic mass is 9.98. The van der Waals surface area contributed by atoms with Gasteiger partial charge in [-0.2, -0.15) is 5.10 Å². The van der Waals surface area contributed by atoms with Crippen LogP contribution in [0.15, 0.2) is 59.6 Å². The molecule has 172 valence electrons. The molecule has 4 rings (SSSR count). The van der Waals surface area contributed by atoms with Crippen LogP contribution in [0.2, 0.25) is 0 Å². The fourth-order valence-electron chi connectivity index (χ4n) is 3.91. The van der Waals surface area contributed by atoms with Gasteiger partial charge in [0.05, 0.1) is 24.8 Å². The molecule has 0 saturated heterocycles. The Bertz CT molecular complexity index is 1110. The smallest absolute Gasteiger partial charge is 0.298 e. The number of aromatic nitrogens is 2. The number of carbonyl (C=O) groups excluding carboxylic acids is 2. The van der Waals surface area contributed by atoms with E-state index in [1.54, 1.807) is 15.1 Å². The first-order valence-electron chi connectivity index (χ1n) is 10.6. The third-order valence-corrected chi connectivity index (χ3v) is 6.28. The molecular weight excluding hydrogens is 440 g/mol. The van der Waals surface area contributed by atoms with Crippen molar-refractivity contribution in [2.45, 2.75) is 30.4 Å². The molecule has 2 heterocycles. The third kappa shape index (κ3) is 5.27. The second-order valence-corrected chi connectivity index (χ2v) is 9.18. The average molecular weight is 467 g/mol. The predicted molar refractivity (Wildman–Crippen MR) is 125 cm³/mol. The molecule has 0 bridgehead atoms. The van der Waals surface area contributed by atoms with E-state index in [1.165, 1.54) is 11.9 Å². The van der Waals surface area contributed by atoms with Crippen molar-refractivity contribution in [3.05, 3.63) is 77.1 Å². The summed E-state index contributed by atoms with van der Waals surface area (Å²) in [4.78, 5) is 28.5. The molecule has 1 amide bonds. The maximum Gasteiger partial charge on any atom is 0.298 e. The Kier molecular flexibility index (Phi) is 7.12. The molecule has 9 heteroatoms. The number of hydrogen-bond donors (Lipinski definition) is 1. The quantitative estimate of drug-likeness (QED) is 0.485. The Hall–Kier alpha value is -3.14. The second-order valence-electron chi connectivity index (χ2n) is 8.16. The minimum Gasteiger partial charge on any atom is -0.428 e. The summed E-state index contributed by atoms with van der Waals surface area (Å²) in [7, 11) is 3.91. The van der Waals surface area contributed by atoms with Gasteiger partial charge in [-0.3, -0.25) is 9.59 Å². The molecule has 0 aliphatic carbocycles. The van der Waals surface area contributed by atoms with Gasteiger partial charge < -0.3 is 19.6 Å². The standard InChI is InChI=1S/C24H26N4O4S/c1-26(2)11-18-10-20(8-9-23(18)32-16-30)33-28-13-19-12-27(14-22(19)25-28)24(31)21(15-29)17-6-4-3-5-7-17/h3-10,13,16,21,29H,11-12,14-15H2,1-2H3. The summed E-state index contributed by atoms with van der Waals surface area (Å²) in [6.45, 7) is 1.73. The van der Waals surface area contributed by atoms with Gasteiger partial charge in [-0.15, -0.1) is 0 Å². The van der Waals surface area contributed by atoms with E-state index in [9.17, 15) is 14.7 Å². The largest absolute Gasteiger partial charge is 0.428 e. The number of benzene rings is 2. The molecule has 1 N–H and O–H groups in total. The first-order chi connectivity index (χ1) is 16.0. The predicted octanol–water partition coefficient (Wildman–Crippen LogP) is 2.65. The molecule has 33 heavy (non-hydrogen) atoms. The van der Waals surface area contributed by atoms with E-state index in [1.807, 2.05) is 67.7 Å². The first kappa shape index (κ1) is 23.0. The van der Waals surface area contributed by atoms with Crippen molar-refractivity contribution < 1.29 is 19.4 Å². The highest BCUT2D eigenvalue weighted by Crippen LogP contribution is 2.31. The topological polar surface area (TPSA) is 87.9 Å². The summed E-state index contributed by atoms with van der Waals surface area (Å²) in [6, 6.07) is 15.0. The highest BCUT2D eigenvalue weighted by atomic mass is 32.2. The van der Waals surface area contributed by atoms with Gasteiger partial charge >= 0.3 is 0 Å². The first-order valence-corrected chi connectivity index (χ1v) is 11.3. The van der Waals surface area contributed by atoms with E-state index in [0.717, 1.165) is 27.3 Å². The van der Waals surface area contributed by atoms with E-state index in [0.29, 0.717) is 31.9 Å². The molecule has 0 fully saturated rings. The summed E-state index contributed by atoms with van der Waals surface area (Å²) in [5, 5.41) is 14.5. The monoisotopic (exact) mass is 466 g/mol. The van der Waals surface area contributed by atoms with Gasteiger partial charge in [0.25, 0.3) is 6.47 Å². The van der Waals surface area contributed by atoms with Crippen molar-refractivity contribution in [3.63, 3.8) is 0 Å². The molecule has 0 spiro atoms. The molecule has 1 aromatic heterocycles. The zero-order chi connectivity index (χ0) is 23.4. The lowest BCUT2D eigenvalue weighted by molar-refractivity contribution is -0.134. The lowest BCUT2D eigenvalue weighted by Gasteiger charge is -2.22. The number of amides is 1. The van der Waals surface area contributed by atoms with Crippen molar-refractivity contribution in [1.82, 2.24) is 19.0 Å². The van der Waals surface area contributed by atoms with E-state index in [4.69, 9.17) is 4.74 Å². The summed E-state index contributed by atoms with van der Waals surface area (Å²) < 4.78 is 6.89. The van der Waals surface area contributed by atoms with Crippen LogP contribution in [0.5, 0.6) is 5.75 Å². The van der Waals surface area contributed by atoms with Gasteiger partial charge in [0.1, 0.15) is 5.75 Å². The van der Waals surface area contributed by atoms with Crippen LogP contribution in [0.25, 0.3) is 0 Å². The minimum absolute atomic E-state index is 0.0972. The molecule has 1 aliphatic rings. The zero-order valence-electron chi connectivity index (χ0n) is 18.5. The van der Waals surface area contributed by atoms with Crippen molar-refractivity contribution >= 4 is 24.3 Å². The lowest BCUT2D eigenvalue weighted by Crippen LogP contribution is -2.32. The number of hydrogen-bond acceptors (Lipinski definition) is 7. The van der Waals surface area contributed by atoms with E-state index in [-0.39, 0.29) is 12.5 Å². The number of ether oxygens (including phenoxy) is 1. The SMILES string of the molecule is CN(C)Cc1cc(Sn2cc3c(n2)CN(C(=O)C(CO)c2ccccc2)C3)ccc1OC=O. The normalized spacial score (nSPS) is 13.8. The zero-order valence-corrected chi connectivity index (χ0v) is 19.4. The van der Waals surface area contributed by atoms with E-state index >= 15 is 0 Å². The third-order valence-electron chi connectivity index (χ3n) is 5.44. The fraction of sp³-hybridized carbons (Fsp3) is 0.292. The van der Waals surface area contributed by atoms with Crippen LogP contribution in [0.3, 0.4) is 0 Å². The maximum atomic E-state index is 13.0. The van der Waals surface area contributed by atoms with Crippen LogP contribution in [-0.2, 0) is 29.2 Å². The summed E-state index contributed by atoms with van der Waals surface area (Å²) >= 11 is 1.46. The number of fused-ring (bicyclic) bond motifs is 1. The van der Waals surface area contributed by atoms with Gasteiger partial charge in [0, 0.05) is 47.3 Å². The molecule has 0 saturated carbocycles. The molecule has 1 unspecified atom stereocenters. The van der Waals surface area contributed by atoms with Crippen molar-refractivity contribution in [1.29, 1.82) is 0 Å². The van der Waals surface area contributed by atoms with Crippen molar-refractivity contribution in [2.24, 2.45) is 0 Å². The second kappa shape index (κ2) is 10.2. The number of carbonyl (C=O) groups is 2. The number of aliphatic hydroxyl groups is 1. The average Bonchev–Trinajstić information content (AvgIpc) is 3.35. The van der Waals surface area contributed by atoms with Gasteiger partial charge in [0.15, 0.2) is 0 Å². The number of aliphatic hydroxyl groups excluding tert-OH is 1. The van der Waals surface area contributed by atoms with E-state index in [2.05, 4.69) is 5.10 Å². The van der Waals surface area contributed by atoms with Gasteiger partial charge in [-0.25, -0.2) is 4.09 Å². The van der Waals surface area contributed by atoms with Crippen LogP contribution >= 0.6 is 11.9 Å². The molecule has 3 aromatic rings. The number of nitrogens with zero attached hydrogens (tertiary/aromatic N) is 4. The summed E-state index contributed by atoms with van der Waals surface area (Å²) in [5.74, 6) is -0.129. The Morgan fingerprint density at radius 2 is 2.03 bits per heavy atom. The van der Waals surface area contributed by atoms with E-state index < -0.39 is 5.92 Å². The van der Waals surface area contributed by atoms with Crippen LogP contribution in [0.4, 0.5) is 0 Å². The molecule has 8 nitrogen and oxygen atoms in total. The highest BCUT2D eigenvalue weighted by molar-refractivity contribution is 7.97.